The summed E-state index contributed by atoms with van der Waals surface area (Å²) in [6, 6.07) is 5.05. The number of benzene rings is 1. The summed E-state index contributed by atoms with van der Waals surface area (Å²) in [6.45, 7) is 5.14. The third-order valence-corrected chi connectivity index (χ3v) is 3.02. The van der Waals surface area contributed by atoms with E-state index in [1.807, 2.05) is 13.8 Å². The molecular weight excluding hydrogens is 283 g/mol. The van der Waals surface area contributed by atoms with Gasteiger partial charge in [-0.25, -0.2) is 0 Å². The second kappa shape index (κ2) is 8.36. The minimum absolute atomic E-state index is 0.109. The number of halogens is 3. The Bertz CT molecular complexity index is 424. The van der Waals surface area contributed by atoms with Gasteiger partial charge in [-0.2, -0.15) is 13.2 Å². The van der Waals surface area contributed by atoms with Gasteiger partial charge < -0.3 is 14.8 Å². The van der Waals surface area contributed by atoms with E-state index < -0.39 is 11.7 Å². The maximum absolute atomic E-state index is 12.8. The number of nitrogens with one attached hydrogen (secondary N) is 1. The molecule has 1 aromatic rings. The van der Waals surface area contributed by atoms with Gasteiger partial charge in [-0.3, -0.25) is 0 Å². The Morgan fingerprint density at radius 1 is 1.24 bits per heavy atom. The number of hydrogen-bond acceptors (Lipinski definition) is 3. The number of methoxy groups -OCH3 is 1. The average Bonchev–Trinajstić information content (AvgIpc) is 2.43. The summed E-state index contributed by atoms with van der Waals surface area (Å²) >= 11 is 0. The van der Waals surface area contributed by atoms with Crippen LogP contribution in [0.1, 0.15) is 31.0 Å². The fraction of sp³-hybridized carbons (Fsp3) is 0.600. The standard InChI is InChI=1S/C15H22F3NO2/c1-4-19-14(10-21-11(2)9-20-3)12-6-5-7-13(8-12)15(16,17)18/h5-8,11,14,19H,4,9-10H2,1-3H3. The van der Waals surface area contributed by atoms with Gasteiger partial charge in [0, 0.05) is 7.11 Å². The van der Waals surface area contributed by atoms with E-state index >= 15 is 0 Å². The molecule has 0 aliphatic carbocycles. The molecule has 0 aromatic heterocycles. The van der Waals surface area contributed by atoms with E-state index in [-0.39, 0.29) is 12.1 Å². The Hall–Kier alpha value is -1.11. The lowest BCUT2D eigenvalue weighted by Crippen LogP contribution is -2.28. The monoisotopic (exact) mass is 305 g/mol. The first-order chi connectivity index (χ1) is 9.88. The van der Waals surface area contributed by atoms with Crippen molar-refractivity contribution in [3.05, 3.63) is 35.4 Å². The Morgan fingerprint density at radius 2 is 1.95 bits per heavy atom. The molecular formula is C15H22F3NO2. The second-order valence-electron chi connectivity index (χ2n) is 4.83. The molecule has 2 unspecified atom stereocenters. The van der Waals surface area contributed by atoms with Crippen LogP contribution < -0.4 is 5.32 Å². The van der Waals surface area contributed by atoms with Crippen molar-refractivity contribution >= 4 is 0 Å². The molecule has 0 fully saturated rings. The molecule has 21 heavy (non-hydrogen) atoms. The highest BCUT2D eigenvalue weighted by Crippen LogP contribution is 2.30. The van der Waals surface area contributed by atoms with Gasteiger partial charge in [0.05, 0.1) is 30.9 Å². The average molecular weight is 305 g/mol. The molecule has 120 valence electrons. The topological polar surface area (TPSA) is 30.5 Å². The van der Waals surface area contributed by atoms with Gasteiger partial charge in [0.1, 0.15) is 0 Å². The number of rotatable bonds is 8. The van der Waals surface area contributed by atoms with Crippen LogP contribution in [0.25, 0.3) is 0 Å². The second-order valence-corrected chi connectivity index (χ2v) is 4.83. The maximum Gasteiger partial charge on any atom is 0.416 e. The van der Waals surface area contributed by atoms with Crippen molar-refractivity contribution in [2.45, 2.75) is 32.2 Å². The fourth-order valence-corrected chi connectivity index (χ4v) is 1.99. The highest BCUT2D eigenvalue weighted by Gasteiger charge is 2.31. The van der Waals surface area contributed by atoms with Crippen LogP contribution in [0.15, 0.2) is 24.3 Å². The van der Waals surface area contributed by atoms with Crippen molar-refractivity contribution in [2.24, 2.45) is 0 Å². The first kappa shape index (κ1) is 17.9. The zero-order valence-corrected chi connectivity index (χ0v) is 12.5. The fourth-order valence-electron chi connectivity index (χ4n) is 1.99. The summed E-state index contributed by atoms with van der Waals surface area (Å²) in [7, 11) is 1.58. The van der Waals surface area contributed by atoms with Crippen LogP contribution >= 0.6 is 0 Å². The van der Waals surface area contributed by atoms with Crippen molar-refractivity contribution in [3.63, 3.8) is 0 Å². The summed E-state index contributed by atoms with van der Waals surface area (Å²) in [5.41, 5.74) is -0.0795. The molecule has 3 nitrogen and oxygen atoms in total. The number of hydrogen-bond donors (Lipinski definition) is 1. The lowest BCUT2D eigenvalue weighted by atomic mass is 10.0. The minimum Gasteiger partial charge on any atom is -0.382 e. The molecule has 0 saturated carbocycles. The Balaban J connectivity index is 2.80. The normalized spacial score (nSPS) is 15.0. The molecule has 6 heteroatoms. The van der Waals surface area contributed by atoms with Gasteiger partial charge >= 0.3 is 6.18 Å². The van der Waals surface area contributed by atoms with E-state index in [9.17, 15) is 13.2 Å². The van der Waals surface area contributed by atoms with Gasteiger partial charge in [0.15, 0.2) is 0 Å². The molecule has 1 aromatic carbocycles. The zero-order valence-electron chi connectivity index (χ0n) is 12.5. The van der Waals surface area contributed by atoms with E-state index in [0.717, 1.165) is 12.1 Å². The third kappa shape index (κ3) is 6.03. The van der Waals surface area contributed by atoms with E-state index in [1.54, 1.807) is 13.2 Å². The lowest BCUT2D eigenvalue weighted by molar-refractivity contribution is -0.137. The van der Waals surface area contributed by atoms with E-state index in [1.165, 1.54) is 6.07 Å². The molecule has 0 aliphatic heterocycles. The first-order valence-electron chi connectivity index (χ1n) is 6.89. The summed E-state index contributed by atoms with van der Waals surface area (Å²) in [5.74, 6) is 0. The SMILES string of the molecule is CCNC(COC(C)COC)c1cccc(C(F)(F)F)c1. The third-order valence-electron chi connectivity index (χ3n) is 3.02. The highest BCUT2D eigenvalue weighted by atomic mass is 19.4. The molecule has 0 amide bonds. The van der Waals surface area contributed by atoms with Crippen molar-refractivity contribution in [2.75, 3.05) is 26.9 Å². The van der Waals surface area contributed by atoms with E-state index in [4.69, 9.17) is 9.47 Å². The predicted molar refractivity (Wildman–Crippen MR) is 75.2 cm³/mol. The van der Waals surface area contributed by atoms with Crippen molar-refractivity contribution in [1.29, 1.82) is 0 Å². The zero-order chi connectivity index (χ0) is 15.9. The molecule has 1 rings (SSSR count). The molecule has 0 radical (unpaired) electrons. The van der Waals surface area contributed by atoms with Crippen LogP contribution in [0.2, 0.25) is 0 Å². The molecule has 0 saturated heterocycles. The van der Waals surface area contributed by atoms with Crippen LogP contribution in [0.5, 0.6) is 0 Å². The van der Waals surface area contributed by atoms with Gasteiger partial charge in [-0.05, 0) is 31.2 Å². The maximum atomic E-state index is 12.8. The molecule has 0 heterocycles. The molecule has 2 atom stereocenters. The van der Waals surface area contributed by atoms with Crippen LogP contribution in [-0.4, -0.2) is 33.0 Å². The Morgan fingerprint density at radius 3 is 2.52 bits per heavy atom. The molecule has 0 aliphatic rings. The van der Waals surface area contributed by atoms with Crippen LogP contribution in [0.4, 0.5) is 13.2 Å². The quantitative estimate of drug-likeness (QED) is 0.798. The van der Waals surface area contributed by atoms with Crippen molar-refractivity contribution in [1.82, 2.24) is 5.32 Å². The van der Waals surface area contributed by atoms with Gasteiger partial charge in [0.25, 0.3) is 0 Å². The summed E-state index contributed by atoms with van der Waals surface area (Å²) in [6.07, 6.45) is -4.45. The Labute approximate surface area is 123 Å². The van der Waals surface area contributed by atoms with Crippen LogP contribution in [-0.2, 0) is 15.7 Å². The van der Waals surface area contributed by atoms with E-state index in [0.29, 0.717) is 25.3 Å². The first-order valence-corrected chi connectivity index (χ1v) is 6.89. The summed E-state index contributed by atoms with van der Waals surface area (Å²) < 4.78 is 48.9. The smallest absolute Gasteiger partial charge is 0.382 e. The molecule has 0 spiro atoms. The van der Waals surface area contributed by atoms with E-state index in [2.05, 4.69) is 5.32 Å². The summed E-state index contributed by atoms with van der Waals surface area (Å²) in [4.78, 5) is 0. The van der Waals surface area contributed by atoms with Crippen LogP contribution in [0, 0.1) is 0 Å². The van der Waals surface area contributed by atoms with Crippen molar-refractivity contribution in [3.8, 4) is 0 Å². The van der Waals surface area contributed by atoms with Gasteiger partial charge in [-0.15, -0.1) is 0 Å². The van der Waals surface area contributed by atoms with Crippen molar-refractivity contribution < 1.29 is 22.6 Å². The minimum atomic E-state index is -4.34. The molecule has 1 N–H and O–H groups in total. The largest absolute Gasteiger partial charge is 0.416 e. The highest BCUT2D eigenvalue weighted by molar-refractivity contribution is 5.28. The number of likely N-dealkylation sites (N-methyl/N-ethyl adjacent to an activating group) is 1. The van der Waals surface area contributed by atoms with Crippen LogP contribution in [0.3, 0.4) is 0 Å². The Kier molecular flexibility index (Phi) is 7.14. The molecule has 0 bridgehead atoms. The number of ether oxygens (including phenoxy) is 2. The van der Waals surface area contributed by atoms with Gasteiger partial charge in [0.2, 0.25) is 0 Å². The lowest BCUT2D eigenvalue weighted by Gasteiger charge is -2.22. The predicted octanol–water partition coefficient (Wildman–Crippen LogP) is 3.41. The van der Waals surface area contributed by atoms with Gasteiger partial charge in [-0.1, -0.05) is 19.1 Å². The summed E-state index contributed by atoms with van der Waals surface area (Å²) in [5, 5.41) is 3.14. The number of alkyl halides is 3.